The largest absolute Gasteiger partial charge is 0.366 e. The van der Waals surface area contributed by atoms with E-state index >= 15 is 0 Å². The van der Waals surface area contributed by atoms with E-state index in [4.69, 9.17) is 11.6 Å². The van der Waals surface area contributed by atoms with E-state index in [1.165, 1.54) is 8.79 Å². The van der Waals surface area contributed by atoms with Crippen LogP contribution in [0.15, 0.2) is 15.9 Å². The maximum absolute atomic E-state index is 5.61. The minimum atomic E-state index is 0.733. The Morgan fingerprint density at radius 3 is 2.83 bits per heavy atom. The first-order chi connectivity index (χ1) is 5.74. The first kappa shape index (κ1) is 10.4. The molecule has 0 amide bonds. The maximum Gasteiger partial charge on any atom is 0.0917 e. The molecule has 12 heavy (non-hydrogen) atoms. The molecule has 0 atom stereocenters. The Morgan fingerprint density at radius 2 is 2.33 bits per heavy atom. The molecule has 0 unspecified atom stereocenters. The Bertz CT molecular complexity index is 239. The SMILES string of the molecule is CN(CCCCl)c1ccc(Br)s1. The Morgan fingerprint density at radius 1 is 1.58 bits per heavy atom. The van der Waals surface area contributed by atoms with Gasteiger partial charge in [-0.2, -0.15) is 0 Å². The molecular formula is C8H11BrClNS. The lowest BCUT2D eigenvalue weighted by atomic mass is 10.4. The molecule has 0 saturated heterocycles. The highest BCUT2D eigenvalue weighted by Crippen LogP contribution is 2.28. The molecule has 1 rings (SSSR count). The zero-order chi connectivity index (χ0) is 8.97. The smallest absolute Gasteiger partial charge is 0.0917 e. The van der Waals surface area contributed by atoms with Gasteiger partial charge in [-0.05, 0) is 34.5 Å². The summed E-state index contributed by atoms with van der Waals surface area (Å²) in [4.78, 5) is 2.22. The van der Waals surface area contributed by atoms with Gasteiger partial charge in [-0.15, -0.1) is 22.9 Å². The maximum atomic E-state index is 5.61. The van der Waals surface area contributed by atoms with E-state index in [0.29, 0.717) is 0 Å². The van der Waals surface area contributed by atoms with Crippen LogP contribution in [-0.4, -0.2) is 19.5 Å². The van der Waals surface area contributed by atoms with Crippen molar-refractivity contribution in [3.63, 3.8) is 0 Å². The van der Waals surface area contributed by atoms with Crippen molar-refractivity contribution in [2.24, 2.45) is 0 Å². The second-order valence-corrected chi connectivity index (χ2v) is 5.36. The van der Waals surface area contributed by atoms with Gasteiger partial charge < -0.3 is 4.90 Å². The topological polar surface area (TPSA) is 3.24 Å². The van der Waals surface area contributed by atoms with Gasteiger partial charge >= 0.3 is 0 Å². The van der Waals surface area contributed by atoms with Gasteiger partial charge in [0.25, 0.3) is 0 Å². The molecule has 0 bridgehead atoms. The van der Waals surface area contributed by atoms with Crippen molar-refractivity contribution in [3.05, 3.63) is 15.9 Å². The van der Waals surface area contributed by atoms with Crippen LogP contribution in [0.4, 0.5) is 5.00 Å². The second kappa shape index (κ2) is 5.10. The van der Waals surface area contributed by atoms with Gasteiger partial charge in [0.15, 0.2) is 0 Å². The fourth-order valence-corrected chi connectivity index (χ4v) is 2.39. The van der Waals surface area contributed by atoms with Crippen molar-refractivity contribution in [3.8, 4) is 0 Å². The monoisotopic (exact) mass is 267 g/mol. The average Bonchev–Trinajstić information content (AvgIpc) is 2.47. The van der Waals surface area contributed by atoms with Crippen molar-refractivity contribution in [1.29, 1.82) is 0 Å². The van der Waals surface area contributed by atoms with Crippen LogP contribution in [0.1, 0.15) is 6.42 Å². The van der Waals surface area contributed by atoms with Crippen LogP contribution in [0.2, 0.25) is 0 Å². The highest BCUT2D eigenvalue weighted by atomic mass is 79.9. The van der Waals surface area contributed by atoms with Crippen LogP contribution < -0.4 is 4.90 Å². The molecule has 0 fully saturated rings. The van der Waals surface area contributed by atoms with Gasteiger partial charge in [-0.3, -0.25) is 0 Å². The van der Waals surface area contributed by atoms with Crippen molar-refractivity contribution in [2.45, 2.75) is 6.42 Å². The normalized spacial score (nSPS) is 10.2. The summed E-state index contributed by atoms with van der Waals surface area (Å²) < 4.78 is 1.18. The summed E-state index contributed by atoms with van der Waals surface area (Å²) in [6.07, 6.45) is 1.04. The number of hydrogen-bond acceptors (Lipinski definition) is 2. The van der Waals surface area contributed by atoms with E-state index in [1.807, 2.05) is 0 Å². The molecule has 1 heterocycles. The number of thiophene rings is 1. The summed E-state index contributed by atoms with van der Waals surface area (Å²) in [6.45, 7) is 1.02. The first-order valence-corrected chi connectivity index (χ1v) is 5.91. The van der Waals surface area contributed by atoms with E-state index in [-0.39, 0.29) is 0 Å². The van der Waals surface area contributed by atoms with Gasteiger partial charge in [-0.25, -0.2) is 0 Å². The van der Waals surface area contributed by atoms with E-state index in [1.54, 1.807) is 11.3 Å². The van der Waals surface area contributed by atoms with E-state index in [9.17, 15) is 0 Å². The lowest BCUT2D eigenvalue weighted by Crippen LogP contribution is -2.17. The zero-order valence-electron chi connectivity index (χ0n) is 6.89. The Balaban J connectivity index is 2.47. The summed E-state index contributed by atoms with van der Waals surface area (Å²) in [5.74, 6) is 0.733. The molecule has 0 radical (unpaired) electrons. The fourth-order valence-electron chi connectivity index (χ4n) is 0.917. The molecule has 4 heteroatoms. The molecule has 1 nitrogen and oxygen atoms in total. The van der Waals surface area contributed by atoms with Gasteiger partial charge in [0.05, 0.1) is 8.79 Å². The van der Waals surface area contributed by atoms with Gasteiger partial charge in [-0.1, -0.05) is 0 Å². The predicted octanol–water partition coefficient (Wildman–Crippen LogP) is 3.58. The number of hydrogen-bond donors (Lipinski definition) is 0. The van der Waals surface area contributed by atoms with Gasteiger partial charge in [0.1, 0.15) is 0 Å². The molecule has 0 saturated carbocycles. The molecule has 0 aliphatic rings. The van der Waals surface area contributed by atoms with Crippen molar-refractivity contribution in [1.82, 2.24) is 0 Å². The number of alkyl halides is 1. The summed E-state index contributed by atoms with van der Waals surface area (Å²) >= 11 is 10.8. The molecule has 0 aliphatic heterocycles. The van der Waals surface area contributed by atoms with Crippen LogP contribution >= 0.6 is 38.9 Å². The quantitative estimate of drug-likeness (QED) is 0.755. The van der Waals surface area contributed by atoms with Crippen molar-refractivity contribution in [2.75, 3.05) is 24.4 Å². The molecule has 0 spiro atoms. The van der Waals surface area contributed by atoms with Gasteiger partial charge in [0.2, 0.25) is 0 Å². The Kier molecular flexibility index (Phi) is 4.40. The standard InChI is InChI=1S/C8H11BrClNS/c1-11(6-2-5-10)8-4-3-7(9)12-8/h3-4H,2,5-6H2,1H3. The summed E-state index contributed by atoms with van der Waals surface area (Å²) in [6, 6.07) is 4.18. The summed E-state index contributed by atoms with van der Waals surface area (Å²) in [7, 11) is 2.09. The molecule has 68 valence electrons. The zero-order valence-corrected chi connectivity index (χ0v) is 10.0. The van der Waals surface area contributed by atoms with Crippen LogP contribution in [0.3, 0.4) is 0 Å². The van der Waals surface area contributed by atoms with E-state index in [0.717, 1.165) is 18.8 Å². The number of nitrogens with zero attached hydrogens (tertiary/aromatic N) is 1. The number of anilines is 1. The molecule has 0 N–H and O–H groups in total. The minimum absolute atomic E-state index is 0.733. The number of halogens is 2. The van der Waals surface area contributed by atoms with Crippen molar-refractivity contribution >= 4 is 43.9 Å². The van der Waals surface area contributed by atoms with E-state index in [2.05, 4.69) is 40.0 Å². The first-order valence-electron chi connectivity index (χ1n) is 3.76. The lowest BCUT2D eigenvalue weighted by Gasteiger charge is -2.15. The lowest BCUT2D eigenvalue weighted by molar-refractivity contribution is 0.864. The molecule has 1 aromatic heterocycles. The van der Waals surface area contributed by atoms with Gasteiger partial charge in [0, 0.05) is 19.5 Å². The Labute approximate surface area is 90.5 Å². The highest BCUT2D eigenvalue weighted by Gasteiger charge is 2.02. The third-order valence-electron chi connectivity index (χ3n) is 1.56. The summed E-state index contributed by atoms with van der Waals surface area (Å²) in [5.41, 5.74) is 0. The average molecular weight is 269 g/mol. The molecule has 0 aromatic carbocycles. The number of rotatable bonds is 4. The third-order valence-corrected chi connectivity index (χ3v) is 3.57. The summed E-state index contributed by atoms with van der Waals surface area (Å²) in [5, 5.41) is 1.28. The van der Waals surface area contributed by atoms with Crippen LogP contribution in [0.25, 0.3) is 0 Å². The van der Waals surface area contributed by atoms with Crippen LogP contribution in [-0.2, 0) is 0 Å². The predicted molar refractivity (Wildman–Crippen MR) is 60.6 cm³/mol. The minimum Gasteiger partial charge on any atom is -0.366 e. The van der Waals surface area contributed by atoms with Crippen LogP contribution in [0.5, 0.6) is 0 Å². The molecule has 0 aliphatic carbocycles. The highest BCUT2D eigenvalue weighted by molar-refractivity contribution is 9.11. The Hall–Kier alpha value is 0.270. The molecule has 1 aromatic rings. The van der Waals surface area contributed by atoms with Crippen molar-refractivity contribution < 1.29 is 0 Å². The molecular weight excluding hydrogens is 258 g/mol. The third kappa shape index (κ3) is 2.96. The van der Waals surface area contributed by atoms with E-state index < -0.39 is 0 Å². The van der Waals surface area contributed by atoms with Crippen LogP contribution in [0, 0.1) is 0 Å². The fraction of sp³-hybridized carbons (Fsp3) is 0.500. The second-order valence-electron chi connectivity index (χ2n) is 2.54.